The van der Waals surface area contributed by atoms with Crippen LogP contribution in [0.2, 0.25) is 0 Å². The molecule has 0 unspecified atom stereocenters. The van der Waals surface area contributed by atoms with E-state index in [-0.39, 0.29) is 5.91 Å². The summed E-state index contributed by atoms with van der Waals surface area (Å²) in [5.41, 5.74) is 0. The second kappa shape index (κ2) is 8.41. The first kappa shape index (κ1) is 16.3. The molecule has 2 N–H and O–H groups in total. The second-order valence-electron chi connectivity index (χ2n) is 5.72. The largest absolute Gasteiger partial charge is 0.378 e. The number of aromatic nitrogens is 2. The first-order valence-corrected chi connectivity index (χ1v) is 8.39. The van der Waals surface area contributed by atoms with E-state index in [0.717, 1.165) is 37.4 Å². The summed E-state index contributed by atoms with van der Waals surface area (Å²) >= 11 is 1.45. The van der Waals surface area contributed by atoms with Crippen LogP contribution in [0.5, 0.6) is 0 Å². The molecule has 7 heteroatoms. The minimum atomic E-state index is -0.0591. The number of carbonyl (C=O) groups excluding carboxylic acids is 1. The fourth-order valence-corrected chi connectivity index (χ4v) is 3.17. The van der Waals surface area contributed by atoms with Crippen molar-refractivity contribution >= 4 is 22.4 Å². The third kappa shape index (κ3) is 6.07. The fourth-order valence-electron chi connectivity index (χ4n) is 2.20. The number of amides is 1. The molecule has 0 radical (unpaired) electrons. The lowest BCUT2D eigenvalue weighted by Crippen LogP contribution is -2.33. The molecule has 0 aromatic carbocycles. The van der Waals surface area contributed by atoms with Crippen LogP contribution in [-0.4, -0.2) is 41.9 Å². The van der Waals surface area contributed by atoms with Crippen LogP contribution in [0.1, 0.15) is 38.1 Å². The van der Waals surface area contributed by atoms with Crippen LogP contribution in [0.4, 0.5) is 5.13 Å². The number of piperidine rings is 1. The zero-order valence-corrected chi connectivity index (χ0v) is 13.5. The predicted molar refractivity (Wildman–Crippen MR) is 83.5 cm³/mol. The molecule has 21 heavy (non-hydrogen) atoms. The van der Waals surface area contributed by atoms with E-state index in [2.05, 4.69) is 34.7 Å². The quantitative estimate of drug-likeness (QED) is 0.803. The number of hydrogen-bond donors (Lipinski definition) is 2. The Bertz CT molecular complexity index is 444. The van der Waals surface area contributed by atoms with Crippen molar-refractivity contribution in [3.05, 3.63) is 5.01 Å². The van der Waals surface area contributed by atoms with E-state index in [0.29, 0.717) is 30.2 Å². The zero-order chi connectivity index (χ0) is 15.1. The van der Waals surface area contributed by atoms with Crippen LogP contribution in [0.25, 0.3) is 0 Å². The molecule has 1 aliphatic rings. The van der Waals surface area contributed by atoms with E-state index in [9.17, 15) is 4.79 Å². The molecule has 1 saturated heterocycles. The van der Waals surface area contributed by atoms with Gasteiger partial charge >= 0.3 is 0 Å². The van der Waals surface area contributed by atoms with Crippen molar-refractivity contribution in [3.63, 3.8) is 0 Å². The van der Waals surface area contributed by atoms with Gasteiger partial charge in [-0.05, 0) is 31.8 Å². The van der Waals surface area contributed by atoms with Crippen LogP contribution in [-0.2, 0) is 16.0 Å². The lowest BCUT2D eigenvalue weighted by Gasteiger charge is -2.22. The molecule has 0 saturated carbocycles. The predicted octanol–water partition coefficient (Wildman–Crippen LogP) is 1.83. The Balaban J connectivity index is 1.65. The summed E-state index contributed by atoms with van der Waals surface area (Å²) in [6, 6.07) is 0. The fraction of sp³-hybridized carbons (Fsp3) is 0.786. The minimum Gasteiger partial charge on any atom is -0.378 e. The topological polar surface area (TPSA) is 76.1 Å². The van der Waals surface area contributed by atoms with E-state index in [1.165, 1.54) is 11.3 Å². The van der Waals surface area contributed by atoms with Gasteiger partial charge in [0.15, 0.2) is 0 Å². The van der Waals surface area contributed by atoms with Crippen molar-refractivity contribution in [1.29, 1.82) is 0 Å². The van der Waals surface area contributed by atoms with Gasteiger partial charge in [0.2, 0.25) is 11.0 Å². The average molecular weight is 312 g/mol. The highest BCUT2D eigenvalue weighted by atomic mass is 32.1. The Morgan fingerprint density at radius 1 is 1.43 bits per heavy atom. The van der Waals surface area contributed by atoms with Gasteiger partial charge in [-0.15, -0.1) is 10.2 Å². The summed E-state index contributed by atoms with van der Waals surface area (Å²) in [5.74, 6) is 0.482. The Hall–Kier alpha value is -1.05. The highest BCUT2D eigenvalue weighted by Crippen LogP contribution is 2.18. The van der Waals surface area contributed by atoms with Gasteiger partial charge in [0.25, 0.3) is 0 Å². The number of ether oxygens (including phenoxy) is 1. The molecular formula is C14H24N4O2S. The molecule has 1 fully saturated rings. The molecule has 1 amide bonds. The molecule has 0 spiro atoms. The average Bonchev–Trinajstić information content (AvgIpc) is 2.86. The smallest absolute Gasteiger partial charge is 0.228 e. The van der Waals surface area contributed by atoms with Crippen LogP contribution < -0.4 is 10.6 Å². The van der Waals surface area contributed by atoms with Crippen molar-refractivity contribution in [3.8, 4) is 0 Å². The van der Waals surface area contributed by atoms with Gasteiger partial charge in [-0.25, -0.2) is 0 Å². The Morgan fingerprint density at radius 2 is 2.19 bits per heavy atom. The minimum absolute atomic E-state index is 0.0591. The van der Waals surface area contributed by atoms with Crippen LogP contribution in [0, 0.1) is 5.92 Å². The first-order chi connectivity index (χ1) is 10.1. The molecule has 6 nitrogen and oxygen atoms in total. The number of anilines is 1. The van der Waals surface area contributed by atoms with Crippen LogP contribution in [0.3, 0.4) is 0 Å². The molecule has 0 atom stereocenters. The summed E-state index contributed by atoms with van der Waals surface area (Å²) in [5, 5.41) is 15.7. The van der Waals surface area contributed by atoms with Gasteiger partial charge < -0.3 is 15.4 Å². The van der Waals surface area contributed by atoms with Gasteiger partial charge in [0.05, 0.1) is 19.1 Å². The third-order valence-electron chi connectivity index (χ3n) is 3.26. The normalized spacial score (nSPS) is 16.3. The van der Waals surface area contributed by atoms with Gasteiger partial charge in [-0.3, -0.25) is 4.79 Å². The summed E-state index contributed by atoms with van der Waals surface area (Å²) in [6.07, 6.45) is 3.60. The molecule has 2 rings (SSSR count). The maximum atomic E-state index is 11.8. The standard InChI is InChI=1S/C14H24N4O2S/c1-10(2)9-13-17-18-14(21-13)16-12(19)5-8-20-11-3-6-15-7-4-11/h10-11,15H,3-9H2,1-2H3,(H,16,18,19). The van der Waals surface area contributed by atoms with E-state index in [1.54, 1.807) is 0 Å². The third-order valence-corrected chi connectivity index (χ3v) is 4.13. The van der Waals surface area contributed by atoms with Gasteiger partial charge in [0, 0.05) is 6.42 Å². The van der Waals surface area contributed by atoms with Crippen LogP contribution >= 0.6 is 11.3 Å². The van der Waals surface area contributed by atoms with Gasteiger partial charge in [-0.2, -0.15) is 0 Å². The number of carbonyl (C=O) groups is 1. The molecule has 1 aliphatic heterocycles. The number of hydrogen-bond acceptors (Lipinski definition) is 6. The summed E-state index contributed by atoms with van der Waals surface area (Å²) in [7, 11) is 0. The number of nitrogens with zero attached hydrogens (tertiary/aromatic N) is 2. The first-order valence-electron chi connectivity index (χ1n) is 7.58. The Morgan fingerprint density at radius 3 is 2.90 bits per heavy atom. The molecule has 2 heterocycles. The number of nitrogens with one attached hydrogen (secondary N) is 2. The zero-order valence-electron chi connectivity index (χ0n) is 12.7. The monoisotopic (exact) mass is 312 g/mol. The van der Waals surface area contributed by atoms with Crippen LogP contribution in [0.15, 0.2) is 0 Å². The van der Waals surface area contributed by atoms with E-state index < -0.39 is 0 Å². The van der Waals surface area contributed by atoms with Crippen molar-refractivity contribution in [2.45, 2.75) is 45.6 Å². The van der Waals surface area contributed by atoms with Crippen molar-refractivity contribution in [2.24, 2.45) is 5.92 Å². The van der Waals surface area contributed by atoms with E-state index >= 15 is 0 Å². The maximum Gasteiger partial charge on any atom is 0.228 e. The second-order valence-corrected chi connectivity index (χ2v) is 6.78. The lowest BCUT2D eigenvalue weighted by atomic mass is 10.1. The molecule has 0 aliphatic carbocycles. The molecule has 0 bridgehead atoms. The van der Waals surface area contributed by atoms with E-state index in [4.69, 9.17) is 4.74 Å². The van der Waals surface area contributed by atoms with Crippen molar-refractivity contribution in [1.82, 2.24) is 15.5 Å². The number of rotatable bonds is 7. The van der Waals surface area contributed by atoms with Gasteiger partial charge in [0.1, 0.15) is 5.01 Å². The van der Waals surface area contributed by atoms with Crippen molar-refractivity contribution < 1.29 is 9.53 Å². The highest BCUT2D eigenvalue weighted by Gasteiger charge is 2.14. The van der Waals surface area contributed by atoms with Gasteiger partial charge in [-0.1, -0.05) is 25.2 Å². The maximum absolute atomic E-state index is 11.8. The summed E-state index contributed by atoms with van der Waals surface area (Å²) in [6.45, 7) is 6.74. The molecular weight excluding hydrogens is 288 g/mol. The van der Waals surface area contributed by atoms with Crippen molar-refractivity contribution in [2.75, 3.05) is 25.0 Å². The van der Waals surface area contributed by atoms with E-state index in [1.807, 2.05) is 0 Å². The Labute approximate surface area is 129 Å². The SMILES string of the molecule is CC(C)Cc1nnc(NC(=O)CCOC2CCNCC2)s1. The Kier molecular flexibility index (Phi) is 6.53. The highest BCUT2D eigenvalue weighted by molar-refractivity contribution is 7.15. The summed E-state index contributed by atoms with van der Waals surface area (Å²) < 4.78 is 5.72. The lowest BCUT2D eigenvalue weighted by molar-refractivity contribution is -0.117. The molecule has 1 aromatic rings. The molecule has 118 valence electrons. The molecule has 1 aromatic heterocycles. The summed E-state index contributed by atoms with van der Waals surface area (Å²) in [4.78, 5) is 11.8.